The van der Waals surface area contributed by atoms with Gasteiger partial charge in [-0.2, -0.15) is 0 Å². The van der Waals surface area contributed by atoms with Gasteiger partial charge in [-0.25, -0.2) is 9.59 Å². The minimum absolute atomic E-state index is 0.0563. The van der Waals surface area contributed by atoms with E-state index < -0.39 is 61.2 Å². The lowest BCUT2D eigenvalue weighted by atomic mass is 9.98. The molecule has 5 rings (SSSR count). The maximum atomic E-state index is 12.5. The number of fused-ring (bicyclic) bond motifs is 3. The van der Waals surface area contributed by atoms with E-state index >= 15 is 0 Å². The molecule has 0 radical (unpaired) electrons. The van der Waals surface area contributed by atoms with Crippen molar-refractivity contribution in [1.29, 1.82) is 0 Å². The first-order valence-corrected chi connectivity index (χ1v) is 16.6. The van der Waals surface area contributed by atoms with E-state index in [1.807, 2.05) is 61.9 Å². The SMILES string of the molecule is C=P(C)(C)CC[C@H]1O[C@@H](n2cc(CC(=O)OC(=O)OCC3c4ccccc4-c4ccccc43)c(=O)[nH]c2=O)[C@H](O)[C@@H]1O. The molecule has 1 fully saturated rings. The Kier molecular flexibility index (Phi) is 8.39. The smallest absolute Gasteiger partial charge is 0.433 e. The molecule has 222 valence electrons. The normalized spacial score (nSPS) is 21.5. The summed E-state index contributed by atoms with van der Waals surface area (Å²) in [7, 11) is 0. The molecule has 42 heavy (non-hydrogen) atoms. The molecule has 0 spiro atoms. The van der Waals surface area contributed by atoms with Crippen LogP contribution in [-0.2, 0) is 25.4 Å². The van der Waals surface area contributed by atoms with Crippen molar-refractivity contribution in [2.75, 3.05) is 26.1 Å². The topological polar surface area (TPSA) is 157 Å². The Balaban J connectivity index is 1.23. The van der Waals surface area contributed by atoms with Crippen LogP contribution in [0.5, 0.6) is 0 Å². The predicted octanol–water partition coefficient (Wildman–Crippen LogP) is 2.29. The molecular formula is C30H33N2O9P. The molecule has 1 aliphatic carbocycles. The highest BCUT2D eigenvalue weighted by Gasteiger charge is 2.44. The fraction of sp³-hybridized carbons (Fsp3) is 0.367. The second-order valence-corrected chi connectivity index (χ2v) is 15.6. The number of nitrogens with zero attached hydrogens (tertiary/aromatic N) is 1. The van der Waals surface area contributed by atoms with Gasteiger partial charge in [0, 0.05) is 17.7 Å². The second-order valence-electron chi connectivity index (χ2n) is 11.3. The van der Waals surface area contributed by atoms with Gasteiger partial charge in [0.25, 0.3) is 5.56 Å². The third-order valence-corrected chi connectivity index (χ3v) is 9.00. The van der Waals surface area contributed by atoms with Crippen molar-refractivity contribution in [2.24, 2.45) is 0 Å². The fourth-order valence-corrected chi connectivity index (χ4v) is 6.37. The van der Waals surface area contributed by atoms with Gasteiger partial charge in [-0.15, -0.1) is 13.2 Å². The number of hydrogen-bond donors (Lipinski definition) is 3. The van der Waals surface area contributed by atoms with Gasteiger partial charge in [-0.1, -0.05) is 48.5 Å². The van der Waals surface area contributed by atoms with Gasteiger partial charge < -0.3 is 24.4 Å². The van der Waals surface area contributed by atoms with E-state index in [1.165, 1.54) is 0 Å². The van der Waals surface area contributed by atoms with E-state index in [9.17, 15) is 29.4 Å². The van der Waals surface area contributed by atoms with Gasteiger partial charge in [0.2, 0.25) is 0 Å². The maximum Gasteiger partial charge on any atom is 0.516 e. The summed E-state index contributed by atoms with van der Waals surface area (Å²) in [5.74, 6) is -1.31. The number of aliphatic hydroxyl groups excluding tert-OH is 2. The van der Waals surface area contributed by atoms with Crippen LogP contribution < -0.4 is 11.2 Å². The monoisotopic (exact) mass is 596 g/mol. The molecule has 0 amide bonds. The average molecular weight is 597 g/mol. The zero-order chi connectivity index (χ0) is 30.2. The van der Waals surface area contributed by atoms with Crippen LogP contribution in [0.3, 0.4) is 0 Å². The highest BCUT2D eigenvalue weighted by atomic mass is 31.2. The van der Waals surface area contributed by atoms with Crippen LogP contribution >= 0.6 is 6.89 Å². The van der Waals surface area contributed by atoms with Crippen LogP contribution in [0.1, 0.15) is 35.3 Å². The molecule has 2 aliphatic rings. The summed E-state index contributed by atoms with van der Waals surface area (Å²) >= 11 is 0. The van der Waals surface area contributed by atoms with Crippen LogP contribution in [-0.4, -0.2) is 82.6 Å². The molecule has 0 unspecified atom stereocenters. The number of nitrogens with one attached hydrogen (secondary N) is 1. The molecule has 2 aromatic carbocycles. The number of benzene rings is 2. The van der Waals surface area contributed by atoms with E-state index in [1.54, 1.807) is 0 Å². The average Bonchev–Trinajstić information content (AvgIpc) is 3.41. The molecule has 3 N–H and O–H groups in total. The number of carbonyl (C=O) groups excluding carboxylic acids is 2. The van der Waals surface area contributed by atoms with E-state index in [4.69, 9.17) is 14.2 Å². The zero-order valence-electron chi connectivity index (χ0n) is 23.3. The number of aromatic amines is 1. The minimum atomic E-state index is -1.45. The van der Waals surface area contributed by atoms with Crippen LogP contribution in [0, 0.1) is 0 Å². The van der Waals surface area contributed by atoms with E-state index in [0.717, 1.165) is 33.0 Å². The maximum absolute atomic E-state index is 12.5. The van der Waals surface area contributed by atoms with Crippen LogP contribution in [0.2, 0.25) is 0 Å². The largest absolute Gasteiger partial charge is 0.516 e. The lowest BCUT2D eigenvalue weighted by Crippen LogP contribution is -2.39. The van der Waals surface area contributed by atoms with Gasteiger partial charge in [-0.05, 0) is 48.2 Å². The highest BCUT2D eigenvalue weighted by molar-refractivity contribution is 7.72. The van der Waals surface area contributed by atoms with Crippen molar-refractivity contribution in [1.82, 2.24) is 9.55 Å². The van der Waals surface area contributed by atoms with Crippen molar-refractivity contribution in [2.45, 2.75) is 43.3 Å². The van der Waals surface area contributed by atoms with Gasteiger partial charge in [-0.3, -0.25) is 19.1 Å². The van der Waals surface area contributed by atoms with E-state index in [-0.39, 0.29) is 18.1 Å². The third kappa shape index (κ3) is 6.19. The van der Waals surface area contributed by atoms with Crippen LogP contribution in [0.25, 0.3) is 11.1 Å². The number of aromatic nitrogens is 2. The zero-order valence-corrected chi connectivity index (χ0v) is 24.2. The molecule has 4 atom stereocenters. The summed E-state index contributed by atoms with van der Waals surface area (Å²) in [4.78, 5) is 52.0. The second kappa shape index (κ2) is 11.9. The number of aliphatic hydroxyl groups is 2. The van der Waals surface area contributed by atoms with Crippen molar-refractivity contribution in [3.63, 3.8) is 0 Å². The Bertz CT molecular complexity index is 1630. The fourth-order valence-electron chi connectivity index (χ4n) is 5.42. The van der Waals surface area contributed by atoms with Gasteiger partial charge in [0.05, 0.1) is 12.5 Å². The number of carbonyl (C=O) groups is 2. The quantitative estimate of drug-likeness (QED) is 0.202. The molecular weight excluding hydrogens is 563 g/mol. The Labute approximate surface area is 241 Å². The first kappa shape index (κ1) is 29.7. The Morgan fingerprint density at radius 2 is 1.64 bits per heavy atom. The summed E-state index contributed by atoms with van der Waals surface area (Å²) in [5, 5.41) is 21.1. The van der Waals surface area contributed by atoms with Crippen LogP contribution in [0.4, 0.5) is 4.79 Å². The summed E-state index contributed by atoms with van der Waals surface area (Å²) < 4.78 is 16.8. The number of H-pyrrole nitrogens is 1. The van der Waals surface area contributed by atoms with Gasteiger partial charge >= 0.3 is 17.8 Å². The van der Waals surface area contributed by atoms with E-state index in [0.29, 0.717) is 12.6 Å². The Hall–Kier alpha value is -3.76. The summed E-state index contributed by atoms with van der Waals surface area (Å²) in [6.45, 7) is 2.58. The summed E-state index contributed by atoms with van der Waals surface area (Å²) in [6.07, 6.45) is -0.324. The third-order valence-electron chi connectivity index (χ3n) is 7.53. The predicted molar refractivity (Wildman–Crippen MR) is 157 cm³/mol. The van der Waals surface area contributed by atoms with Crippen molar-refractivity contribution in [3.05, 3.63) is 92.3 Å². The molecule has 12 heteroatoms. The Morgan fingerprint density at radius 1 is 1.02 bits per heavy atom. The first-order valence-electron chi connectivity index (χ1n) is 13.5. The van der Waals surface area contributed by atoms with Crippen molar-refractivity contribution in [3.8, 4) is 11.1 Å². The molecule has 3 aromatic rings. The number of esters is 1. The molecule has 2 heterocycles. The lowest BCUT2D eigenvalue weighted by molar-refractivity contribution is -0.139. The molecule has 1 saturated heterocycles. The lowest BCUT2D eigenvalue weighted by Gasteiger charge is -2.19. The molecule has 1 aliphatic heterocycles. The van der Waals surface area contributed by atoms with E-state index in [2.05, 4.69) is 11.3 Å². The summed E-state index contributed by atoms with van der Waals surface area (Å²) in [6, 6.07) is 15.6. The van der Waals surface area contributed by atoms with Gasteiger partial charge in [0.15, 0.2) is 6.23 Å². The number of hydrogen-bond acceptors (Lipinski definition) is 9. The highest BCUT2D eigenvalue weighted by Crippen LogP contribution is 2.44. The van der Waals surface area contributed by atoms with Crippen LogP contribution in [0.15, 0.2) is 64.3 Å². The minimum Gasteiger partial charge on any atom is -0.433 e. The standard InChI is InChI=1S/C30H33N2O9P/c1-42(2,3)13-12-23-25(34)26(35)28(40-23)32-15-17(27(36)31-29(32)37)14-24(33)41-30(38)39-16-22-20-10-6-4-8-18(20)19-9-5-7-11-21(19)22/h4-11,15,22-23,25-26,28,34-35H,1,12-14,16H2,2-3H3,(H,31,36,37)/t23-,25-,26-,28-/m1/s1. The molecule has 0 saturated carbocycles. The Morgan fingerprint density at radius 3 is 2.26 bits per heavy atom. The number of ether oxygens (including phenoxy) is 3. The van der Waals surface area contributed by atoms with Gasteiger partial charge in [0.1, 0.15) is 18.8 Å². The first-order chi connectivity index (χ1) is 19.9. The van der Waals surface area contributed by atoms with Crippen molar-refractivity contribution < 1.29 is 34.0 Å². The molecule has 0 bridgehead atoms. The molecule has 11 nitrogen and oxygen atoms in total. The van der Waals surface area contributed by atoms with Crippen molar-refractivity contribution >= 4 is 25.3 Å². The summed E-state index contributed by atoms with van der Waals surface area (Å²) in [5.41, 5.74) is 2.11. The molecule has 1 aromatic heterocycles. The number of rotatable bonds is 8.